The standard InChI is InChI=1S/C27H44O3/c1-19-7-11-24(29)17-22(19)9-8-21-13-15-27(4)23(16-21)10-12-25(27)20(2)6-5-14-26(3,30)18-28/h8-9,20,23-25,28-30H,1,5-7,10-18H2,2-4H3/b21-8+,22-9-/t20?,23?,24-,25?,26?,27?/m0/s1. The summed E-state index contributed by atoms with van der Waals surface area (Å²) in [6.45, 7) is 10.7. The second kappa shape index (κ2) is 9.71. The summed E-state index contributed by atoms with van der Waals surface area (Å²) >= 11 is 0. The average molecular weight is 417 g/mol. The molecule has 6 atom stereocenters. The van der Waals surface area contributed by atoms with Gasteiger partial charge in [-0.1, -0.05) is 56.6 Å². The molecule has 30 heavy (non-hydrogen) atoms. The molecule has 0 aromatic carbocycles. The van der Waals surface area contributed by atoms with Crippen LogP contribution in [0.25, 0.3) is 0 Å². The molecule has 3 rings (SSSR count). The molecule has 0 spiro atoms. The first-order chi connectivity index (χ1) is 14.1. The highest BCUT2D eigenvalue weighted by molar-refractivity contribution is 5.35. The van der Waals surface area contributed by atoms with Crippen LogP contribution in [0.3, 0.4) is 0 Å². The molecular formula is C27H44O3. The Morgan fingerprint density at radius 3 is 2.70 bits per heavy atom. The van der Waals surface area contributed by atoms with Gasteiger partial charge in [-0.15, -0.1) is 0 Å². The van der Waals surface area contributed by atoms with Crippen molar-refractivity contribution < 1.29 is 15.3 Å². The van der Waals surface area contributed by atoms with Gasteiger partial charge in [0.1, 0.15) is 0 Å². The lowest BCUT2D eigenvalue weighted by Gasteiger charge is -2.44. The number of hydrogen-bond acceptors (Lipinski definition) is 3. The Bertz CT molecular complexity index is 674. The Labute approximate surface area is 184 Å². The minimum Gasteiger partial charge on any atom is -0.393 e. The van der Waals surface area contributed by atoms with E-state index >= 15 is 0 Å². The SMILES string of the molecule is C=C1CC[C@H](O)C/C1=C/C=C1\CCC2(C)C(CCC2C(C)CCCC(C)(O)CO)C1. The molecule has 3 nitrogen and oxygen atoms in total. The van der Waals surface area contributed by atoms with Gasteiger partial charge in [0.05, 0.1) is 18.3 Å². The van der Waals surface area contributed by atoms with Gasteiger partial charge < -0.3 is 15.3 Å². The number of rotatable bonds is 7. The average Bonchev–Trinajstić information content (AvgIpc) is 3.05. The zero-order chi connectivity index (χ0) is 21.9. The van der Waals surface area contributed by atoms with Crippen LogP contribution in [-0.2, 0) is 0 Å². The molecule has 0 radical (unpaired) electrons. The lowest BCUT2D eigenvalue weighted by atomic mass is 9.61. The predicted molar refractivity (Wildman–Crippen MR) is 124 cm³/mol. The van der Waals surface area contributed by atoms with E-state index in [1.165, 1.54) is 43.3 Å². The van der Waals surface area contributed by atoms with Crippen LogP contribution in [-0.4, -0.2) is 33.6 Å². The topological polar surface area (TPSA) is 60.7 Å². The number of aliphatic hydroxyl groups is 3. The molecule has 0 bridgehead atoms. The molecule has 0 heterocycles. The van der Waals surface area contributed by atoms with Crippen molar-refractivity contribution in [3.63, 3.8) is 0 Å². The Kier molecular flexibility index (Phi) is 7.69. The molecular weight excluding hydrogens is 372 g/mol. The second-order valence-corrected chi connectivity index (χ2v) is 11.1. The minimum absolute atomic E-state index is 0.151. The summed E-state index contributed by atoms with van der Waals surface area (Å²) in [4.78, 5) is 0. The van der Waals surface area contributed by atoms with E-state index in [9.17, 15) is 15.3 Å². The quantitative estimate of drug-likeness (QED) is 0.498. The van der Waals surface area contributed by atoms with Crippen LogP contribution in [0.5, 0.6) is 0 Å². The van der Waals surface area contributed by atoms with Crippen LogP contribution in [0.2, 0.25) is 0 Å². The van der Waals surface area contributed by atoms with E-state index in [1.54, 1.807) is 12.5 Å². The van der Waals surface area contributed by atoms with E-state index in [0.717, 1.165) is 43.9 Å². The third-order valence-corrected chi connectivity index (χ3v) is 8.71. The number of aliphatic hydroxyl groups excluding tert-OH is 2. The van der Waals surface area contributed by atoms with Crippen molar-refractivity contribution in [3.05, 3.63) is 35.5 Å². The van der Waals surface area contributed by atoms with Crippen LogP contribution >= 0.6 is 0 Å². The number of hydrogen-bond donors (Lipinski definition) is 3. The molecule has 3 heteroatoms. The molecule has 0 aromatic heterocycles. The largest absolute Gasteiger partial charge is 0.393 e. The van der Waals surface area contributed by atoms with E-state index in [0.29, 0.717) is 17.8 Å². The molecule has 170 valence electrons. The maximum absolute atomic E-state index is 10.1. The molecule has 3 N–H and O–H groups in total. The van der Waals surface area contributed by atoms with E-state index < -0.39 is 5.60 Å². The van der Waals surface area contributed by atoms with Crippen LogP contribution in [0.4, 0.5) is 0 Å². The van der Waals surface area contributed by atoms with Crippen LogP contribution in [0.1, 0.15) is 91.4 Å². The van der Waals surface area contributed by atoms with Gasteiger partial charge in [0.2, 0.25) is 0 Å². The minimum atomic E-state index is -0.930. The van der Waals surface area contributed by atoms with Crippen molar-refractivity contribution in [2.45, 2.75) is 103 Å². The van der Waals surface area contributed by atoms with Crippen molar-refractivity contribution in [3.8, 4) is 0 Å². The third-order valence-electron chi connectivity index (χ3n) is 8.71. The molecule has 5 unspecified atom stereocenters. The fourth-order valence-corrected chi connectivity index (χ4v) is 6.49. The first-order valence-corrected chi connectivity index (χ1v) is 12.2. The predicted octanol–water partition coefficient (Wildman–Crippen LogP) is 5.71. The van der Waals surface area contributed by atoms with E-state index in [-0.39, 0.29) is 12.7 Å². The summed E-state index contributed by atoms with van der Waals surface area (Å²) in [7, 11) is 0. The fourth-order valence-electron chi connectivity index (χ4n) is 6.49. The summed E-state index contributed by atoms with van der Waals surface area (Å²) in [5, 5.41) is 29.3. The fraction of sp³-hybridized carbons (Fsp3) is 0.778. The monoisotopic (exact) mass is 416 g/mol. The van der Waals surface area contributed by atoms with Crippen LogP contribution in [0, 0.1) is 23.2 Å². The Morgan fingerprint density at radius 1 is 1.20 bits per heavy atom. The Balaban J connectivity index is 1.57. The van der Waals surface area contributed by atoms with Crippen molar-refractivity contribution >= 4 is 0 Å². The van der Waals surface area contributed by atoms with Crippen LogP contribution < -0.4 is 0 Å². The molecule has 3 aliphatic rings. The zero-order valence-corrected chi connectivity index (χ0v) is 19.5. The zero-order valence-electron chi connectivity index (χ0n) is 19.5. The highest BCUT2D eigenvalue weighted by Gasteiger charge is 2.49. The maximum atomic E-state index is 10.1. The van der Waals surface area contributed by atoms with Gasteiger partial charge in [-0.3, -0.25) is 0 Å². The van der Waals surface area contributed by atoms with Crippen molar-refractivity contribution in [1.82, 2.24) is 0 Å². The Hall–Kier alpha value is -0.900. The van der Waals surface area contributed by atoms with Crippen LogP contribution in [0.15, 0.2) is 35.5 Å². The van der Waals surface area contributed by atoms with Gasteiger partial charge in [0.15, 0.2) is 0 Å². The first-order valence-electron chi connectivity index (χ1n) is 12.2. The van der Waals surface area contributed by atoms with Crippen molar-refractivity contribution in [2.75, 3.05) is 6.61 Å². The van der Waals surface area contributed by atoms with E-state index in [4.69, 9.17) is 0 Å². The molecule has 3 aliphatic carbocycles. The maximum Gasteiger partial charge on any atom is 0.0849 e. The van der Waals surface area contributed by atoms with E-state index in [1.807, 2.05) is 0 Å². The van der Waals surface area contributed by atoms with Gasteiger partial charge >= 0.3 is 0 Å². The third kappa shape index (κ3) is 5.47. The molecule has 0 aliphatic heterocycles. The van der Waals surface area contributed by atoms with Gasteiger partial charge in [0, 0.05) is 0 Å². The second-order valence-electron chi connectivity index (χ2n) is 11.1. The van der Waals surface area contributed by atoms with Crippen molar-refractivity contribution in [2.24, 2.45) is 23.2 Å². The number of fused-ring (bicyclic) bond motifs is 1. The molecule has 3 fully saturated rings. The normalized spacial score (nSPS) is 37.9. The van der Waals surface area contributed by atoms with Gasteiger partial charge in [-0.25, -0.2) is 0 Å². The summed E-state index contributed by atoms with van der Waals surface area (Å²) in [5.41, 5.74) is 3.53. The number of allylic oxidation sites excluding steroid dienone is 4. The van der Waals surface area contributed by atoms with Gasteiger partial charge in [0.25, 0.3) is 0 Å². The smallest absolute Gasteiger partial charge is 0.0849 e. The summed E-state index contributed by atoms with van der Waals surface area (Å²) in [6, 6.07) is 0. The summed E-state index contributed by atoms with van der Waals surface area (Å²) < 4.78 is 0. The first kappa shape index (κ1) is 23.8. The molecule has 0 saturated heterocycles. The molecule has 0 aromatic rings. The van der Waals surface area contributed by atoms with Gasteiger partial charge in [-0.05, 0) is 93.5 Å². The summed E-state index contributed by atoms with van der Waals surface area (Å²) in [5.74, 6) is 2.23. The molecule has 3 saturated carbocycles. The highest BCUT2D eigenvalue weighted by Crippen LogP contribution is 2.59. The Morgan fingerprint density at radius 2 is 1.97 bits per heavy atom. The van der Waals surface area contributed by atoms with E-state index in [2.05, 4.69) is 32.6 Å². The van der Waals surface area contributed by atoms with Gasteiger partial charge in [-0.2, -0.15) is 0 Å². The summed E-state index contributed by atoms with van der Waals surface area (Å²) in [6.07, 6.45) is 16.1. The van der Waals surface area contributed by atoms with Crippen molar-refractivity contribution in [1.29, 1.82) is 0 Å². The highest BCUT2D eigenvalue weighted by atomic mass is 16.3. The lowest BCUT2D eigenvalue weighted by molar-refractivity contribution is -0.00903. The molecule has 0 amide bonds. The lowest BCUT2D eigenvalue weighted by Crippen LogP contribution is -2.35.